The summed E-state index contributed by atoms with van der Waals surface area (Å²) in [6, 6.07) is 14.5. The molecule has 35 heavy (non-hydrogen) atoms. The number of hydrogen-bond acceptors (Lipinski definition) is 4. The van der Waals surface area contributed by atoms with Crippen molar-refractivity contribution in [3.8, 4) is 0 Å². The molecule has 1 heterocycles. The second kappa shape index (κ2) is 13.1. The van der Waals surface area contributed by atoms with Crippen LogP contribution in [0.1, 0.15) is 44.7 Å². The van der Waals surface area contributed by atoms with Gasteiger partial charge in [0.05, 0.1) is 0 Å². The molecule has 6 nitrogen and oxygen atoms in total. The molecular formula is C27H34ClLiN2O4. The average Bonchev–Trinajstić information content (AvgIpc) is 2.90. The molecule has 2 aromatic carbocycles. The van der Waals surface area contributed by atoms with E-state index in [9.17, 15) is 9.59 Å². The SMILES string of the molecule is CC(C)(C)OC(=O)N(C/C=C/C(=O)O)CCCCN1c2ccccc2CCc2ccc(Cl)cc21.[LiH]. The number of fused-ring (bicyclic) bond motifs is 2. The molecule has 0 radical (unpaired) electrons. The van der Waals surface area contributed by atoms with Crippen LogP contribution >= 0.6 is 11.6 Å². The van der Waals surface area contributed by atoms with Crippen LogP contribution in [0.5, 0.6) is 0 Å². The molecule has 0 saturated heterocycles. The molecule has 0 fully saturated rings. The summed E-state index contributed by atoms with van der Waals surface area (Å²) < 4.78 is 5.51. The van der Waals surface area contributed by atoms with Gasteiger partial charge in [0.25, 0.3) is 0 Å². The van der Waals surface area contributed by atoms with Crippen molar-refractivity contribution in [3.05, 3.63) is 70.8 Å². The van der Waals surface area contributed by atoms with Gasteiger partial charge in [-0.25, -0.2) is 9.59 Å². The fourth-order valence-corrected chi connectivity index (χ4v) is 4.23. The van der Waals surface area contributed by atoms with E-state index in [2.05, 4.69) is 35.2 Å². The first kappa shape index (κ1) is 28.8. The van der Waals surface area contributed by atoms with Gasteiger partial charge in [0.2, 0.25) is 0 Å². The third-order valence-corrected chi connectivity index (χ3v) is 5.82. The number of para-hydroxylation sites is 1. The summed E-state index contributed by atoms with van der Waals surface area (Å²) in [6.45, 7) is 6.88. The summed E-state index contributed by atoms with van der Waals surface area (Å²) in [6.07, 6.45) is 5.59. The van der Waals surface area contributed by atoms with E-state index in [1.807, 2.05) is 32.9 Å². The number of ether oxygens (including phenoxy) is 1. The summed E-state index contributed by atoms with van der Waals surface area (Å²) in [5.41, 5.74) is 4.28. The van der Waals surface area contributed by atoms with Crippen molar-refractivity contribution in [2.45, 2.75) is 52.1 Å². The van der Waals surface area contributed by atoms with Crippen molar-refractivity contribution in [1.29, 1.82) is 0 Å². The van der Waals surface area contributed by atoms with Gasteiger partial charge in [0.1, 0.15) is 5.60 Å². The van der Waals surface area contributed by atoms with Crippen molar-refractivity contribution < 1.29 is 19.4 Å². The van der Waals surface area contributed by atoms with E-state index >= 15 is 0 Å². The van der Waals surface area contributed by atoms with Crippen LogP contribution in [0.25, 0.3) is 0 Å². The van der Waals surface area contributed by atoms with Gasteiger partial charge in [-0.1, -0.05) is 41.9 Å². The van der Waals surface area contributed by atoms with Crippen molar-refractivity contribution in [3.63, 3.8) is 0 Å². The molecule has 0 atom stereocenters. The zero-order chi connectivity index (χ0) is 24.7. The molecule has 1 N–H and O–H groups in total. The summed E-state index contributed by atoms with van der Waals surface area (Å²) in [5, 5.41) is 9.59. The Morgan fingerprint density at radius 1 is 1.09 bits per heavy atom. The Balaban J connectivity index is 0.00000432. The number of nitrogens with zero attached hydrogens (tertiary/aromatic N) is 2. The zero-order valence-corrected chi connectivity index (χ0v) is 20.8. The van der Waals surface area contributed by atoms with Gasteiger partial charge in [0.15, 0.2) is 0 Å². The third kappa shape index (κ3) is 8.65. The van der Waals surface area contributed by atoms with Gasteiger partial charge < -0.3 is 19.6 Å². The number of carbonyl (C=O) groups excluding carboxylic acids is 1. The number of carboxylic acids is 1. The topological polar surface area (TPSA) is 70.1 Å². The summed E-state index contributed by atoms with van der Waals surface area (Å²) >= 11 is 6.35. The molecular weight excluding hydrogens is 459 g/mol. The normalized spacial score (nSPS) is 12.9. The van der Waals surface area contributed by atoms with Crippen LogP contribution < -0.4 is 4.90 Å². The van der Waals surface area contributed by atoms with Crippen LogP contribution in [0.2, 0.25) is 5.02 Å². The van der Waals surface area contributed by atoms with Crippen LogP contribution in [0.15, 0.2) is 54.6 Å². The van der Waals surface area contributed by atoms with Gasteiger partial charge in [-0.05, 0) is 75.8 Å². The number of aryl methyl sites for hydroxylation is 2. The molecule has 0 saturated carbocycles. The molecule has 1 amide bonds. The quantitative estimate of drug-likeness (QED) is 0.295. The second-order valence-corrected chi connectivity index (χ2v) is 9.86. The second-order valence-electron chi connectivity index (χ2n) is 9.43. The number of anilines is 2. The Kier molecular flexibility index (Phi) is 10.8. The minimum absolute atomic E-state index is 0. The Hall–Kier alpha value is -2.39. The van der Waals surface area contributed by atoms with Gasteiger partial charge >= 0.3 is 30.9 Å². The minimum atomic E-state index is -1.04. The molecule has 3 rings (SSSR count). The van der Waals surface area contributed by atoms with Gasteiger partial charge in [-0.3, -0.25) is 0 Å². The van der Waals surface area contributed by atoms with E-state index < -0.39 is 17.7 Å². The Bertz CT molecular complexity index is 1050. The van der Waals surface area contributed by atoms with E-state index in [1.165, 1.54) is 22.9 Å². The molecule has 1 aliphatic heterocycles. The van der Waals surface area contributed by atoms with Gasteiger partial charge in [-0.15, -0.1) is 0 Å². The molecule has 0 spiro atoms. The number of carboxylic acid groups (broad SMARTS) is 1. The van der Waals surface area contributed by atoms with Crippen LogP contribution in [0.4, 0.5) is 16.2 Å². The van der Waals surface area contributed by atoms with Crippen LogP contribution in [0, 0.1) is 0 Å². The maximum absolute atomic E-state index is 12.6. The van der Waals surface area contributed by atoms with Crippen LogP contribution in [-0.2, 0) is 22.4 Å². The summed E-state index contributed by atoms with van der Waals surface area (Å²) in [4.78, 5) is 27.3. The molecule has 0 aliphatic carbocycles. The molecule has 0 bridgehead atoms. The first-order chi connectivity index (χ1) is 16.1. The van der Waals surface area contributed by atoms with E-state index in [-0.39, 0.29) is 25.4 Å². The van der Waals surface area contributed by atoms with E-state index in [1.54, 1.807) is 4.90 Å². The molecule has 1 aliphatic rings. The number of amides is 1. The van der Waals surface area contributed by atoms with E-state index in [4.69, 9.17) is 21.4 Å². The van der Waals surface area contributed by atoms with Crippen molar-refractivity contribution >= 4 is 53.9 Å². The molecule has 2 aromatic rings. The molecule has 184 valence electrons. The van der Waals surface area contributed by atoms with E-state index in [0.717, 1.165) is 44.0 Å². The number of carbonyl (C=O) groups is 2. The maximum atomic E-state index is 12.6. The predicted molar refractivity (Wildman–Crippen MR) is 143 cm³/mol. The Labute approximate surface area is 225 Å². The molecule has 8 heteroatoms. The molecule has 0 unspecified atom stereocenters. The average molecular weight is 493 g/mol. The summed E-state index contributed by atoms with van der Waals surface area (Å²) in [7, 11) is 0. The Morgan fingerprint density at radius 2 is 1.77 bits per heavy atom. The van der Waals surface area contributed by atoms with Crippen LogP contribution in [0.3, 0.4) is 0 Å². The number of benzene rings is 2. The van der Waals surface area contributed by atoms with Gasteiger partial charge in [-0.2, -0.15) is 0 Å². The van der Waals surface area contributed by atoms with Crippen molar-refractivity contribution in [2.24, 2.45) is 0 Å². The van der Waals surface area contributed by atoms with Gasteiger partial charge in [0, 0.05) is 42.1 Å². The first-order valence-corrected chi connectivity index (χ1v) is 12.0. The summed E-state index contributed by atoms with van der Waals surface area (Å²) in [5.74, 6) is -1.04. The van der Waals surface area contributed by atoms with Crippen molar-refractivity contribution in [1.82, 2.24) is 4.90 Å². The molecule has 0 aromatic heterocycles. The third-order valence-electron chi connectivity index (χ3n) is 5.58. The van der Waals surface area contributed by atoms with Crippen LogP contribution in [-0.4, -0.2) is 66.2 Å². The van der Waals surface area contributed by atoms with E-state index in [0.29, 0.717) is 11.6 Å². The zero-order valence-electron chi connectivity index (χ0n) is 20.1. The van der Waals surface area contributed by atoms with Crippen molar-refractivity contribution in [2.75, 3.05) is 24.5 Å². The Morgan fingerprint density at radius 3 is 2.46 bits per heavy atom. The predicted octanol–water partition coefficient (Wildman–Crippen LogP) is 5.59. The number of unbranched alkanes of at least 4 members (excludes halogenated alkanes) is 1. The number of hydrogen-bond donors (Lipinski definition) is 1. The number of halogens is 1. The fraction of sp³-hybridized carbons (Fsp3) is 0.407. The number of rotatable bonds is 8. The standard InChI is InChI=1S/C27H33ClN2O4.Li.H/c1-27(2,3)34-26(33)29(17-8-11-25(31)32)16-6-7-18-30-23-10-5-4-9-20(23)12-13-21-14-15-22(28)19-24(21)30;;/h4-5,8-11,14-15,19H,6-7,12-13,16-18H2,1-3H3,(H,31,32);;/b11-8+;;. The first-order valence-electron chi connectivity index (χ1n) is 11.7. The number of aliphatic carboxylic acids is 1. The monoisotopic (exact) mass is 492 g/mol. The fourth-order valence-electron chi connectivity index (χ4n) is 4.06.